The molecule has 2 aromatic rings. The van der Waals surface area contributed by atoms with Gasteiger partial charge in [0, 0.05) is 44.3 Å². The predicted octanol–water partition coefficient (Wildman–Crippen LogP) is 1.50. The number of anilines is 2. The van der Waals surface area contributed by atoms with E-state index in [4.69, 9.17) is 11.6 Å². The Balaban J connectivity index is 1.81. The molecule has 9 nitrogen and oxygen atoms in total. The molecule has 0 radical (unpaired) electrons. The van der Waals surface area contributed by atoms with Crippen LogP contribution in [-0.4, -0.2) is 57.6 Å². The first-order valence-electron chi connectivity index (χ1n) is 7.99. The molecule has 1 aromatic carbocycles. The molecule has 0 aliphatic carbocycles. The summed E-state index contributed by atoms with van der Waals surface area (Å²) in [6.45, 7) is 4.35. The van der Waals surface area contributed by atoms with E-state index in [1.54, 1.807) is 13.0 Å². The van der Waals surface area contributed by atoms with Gasteiger partial charge < -0.3 is 15.1 Å². The third-order valence-electron chi connectivity index (χ3n) is 4.10. The summed E-state index contributed by atoms with van der Waals surface area (Å²) in [6.07, 6.45) is 1.52. The summed E-state index contributed by atoms with van der Waals surface area (Å²) in [5.41, 5.74) is 1.94. The van der Waals surface area contributed by atoms with E-state index in [1.807, 2.05) is 23.1 Å². The number of nitrogens with zero attached hydrogens (tertiary/aromatic N) is 6. The minimum Gasteiger partial charge on any atom is -0.366 e. The number of benzene rings is 1. The van der Waals surface area contributed by atoms with Gasteiger partial charge in [0.1, 0.15) is 11.6 Å². The number of carbonyl (C=O) groups excluding carboxylic acids is 1. The van der Waals surface area contributed by atoms with Crippen molar-refractivity contribution in [1.29, 1.82) is 5.26 Å². The second-order valence-electron chi connectivity index (χ2n) is 5.70. The normalized spacial score (nSPS) is 14.9. The Hall–Kier alpha value is -3.12. The van der Waals surface area contributed by atoms with Gasteiger partial charge in [0.15, 0.2) is 0 Å². The van der Waals surface area contributed by atoms with Crippen molar-refractivity contribution in [3.8, 4) is 6.07 Å². The summed E-state index contributed by atoms with van der Waals surface area (Å²) >= 11 is 6.13. The number of piperazine rings is 1. The fraction of sp³-hybridized carbons (Fsp3) is 0.312. The highest BCUT2D eigenvalue weighted by atomic mass is 35.5. The first-order chi connectivity index (χ1) is 12.6. The molecule has 0 saturated carbocycles. The molecule has 0 atom stereocenters. The first-order valence-corrected chi connectivity index (χ1v) is 8.37. The SMILES string of the molecule is CC(=O)N1CCN(c2ccc(Cl)cc2NC=C(C#N)c2nn[nH]n2)CC1. The zero-order chi connectivity index (χ0) is 18.5. The molecule has 1 fully saturated rings. The molecule has 1 aliphatic heterocycles. The number of hydrogen-bond acceptors (Lipinski definition) is 7. The molecule has 1 aromatic heterocycles. The zero-order valence-electron chi connectivity index (χ0n) is 14.1. The maximum atomic E-state index is 11.5. The molecule has 2 heterocycles. The molecular formula is C16H17ClN8O. The number of tetrazole rings is 1. The summed E-state index contributed by atoms with van der Waals surface area (Å²) in [4.78, 5) is 15.5. The minimum absolute atomic E-state index is 0.0841. The van der Waals surface area contributed by atoms with Crippen LogP contribution < -0.4 is 10.2 Å². The lowest BCUT2D eigenvalue weighted by molar-refractivity contribution is -0.129. The fourth-order valence-corrected chi connectivity index (χ4v) is 2.91. The van der Waals surface area contributed by atoms with Gasteiger partial charge in [0.25, 0.3) is 0 Å². The van der Waals surface area contributed by atoms with Crippen LogP contribution in [0.4, 0.5) is 11.4 Å². The van der Waals surface area contributed by atoms with Gasteiger partial charge in [-0.05, 0) is 23.4 Å². The van der Waals surface area contributed by atoms with Gasteiger partial charge in [-0.1, -0.05) is 11.6 Å². The summed E-state index contributed by atoms with van der Waals surface area (Å²) in [6, 6.07) is 7.55. The van der Waals surface area contributed by atoms with Crippen LogP contribution >= 0.6 is 11.6 Å². The fourth-order valence-electron chi connectivity index (χ4n) is 2.73. The monoisotopic (exact) mass is 372 g/mol. The standard InChI is InChI=1S/C16H17ClN8O/c1-11(26)24-4-6-25(7-5-24)15-3-2-13(17)8-14(15)19-10-12(9-18)16-20-22-23-21-16/h2-3,8,10,19H,4-7H2,1H3,(H,20,21,22,23). The van der Waals surface area contributed by atoms with Gasteiger partial charge in [-0.15, -0.1) is 10.2 Å². The molecule has 1 amide bonds. The lowest BCUT2D eigenvalue weighted by Crippen LogP contribution is -2.48. The van der Waals surface area contributed by atoms with Crippen LogP contribution in [0.15, 0.2) is 24.4 Å². The van der Waals surface area contributed by atoms with E-state index in [0.29, 0.717) is 18.1 Å². The highest BCUT2D eigenvalue weighted by Gasteiger charge is 2.20. The highest BCUT2D eigenvalue weighted by molar-refractivity contribution is 6.31. The van der Waals surface area contributed by atoms with Gasteiger partial charge in [-0.2, -0.15) is 10.5 Å². The number of rotatable bonds is 4. The van der Waals surface area contributed by atoms with Crippen LogP contribution in [0.3, 0.4) is 0 Å². The van der Waals surface area contributed by atoms with E-state index in [9.17, 15) is 10.1 Å². The molecule has 2 N–H and O–H groups in total. The van der Waals surface area contributed by atoms with Crippen LogP contribution in [-0.2, 0) is 4.79 Å². The average Bonchev–Trinajstić information content (AvgIpc) is 3.17. The summed E-state index contributed by atoms with van der Waals surface area (Å²) in [7, 11) is 0. The third kappa shape index (κ3) is 3.92. The quantitative estimate of drug-likeness (QED) is 0.781. The van der Waals surface area contributed by atoms with Crippen molar-refractivity contribution in [2.24, 2.45) is 0 Å². The number of aromatic amines is 1. The molecule has 1 aliphatic rings. The Morgan fingerprint density at radius 3 is 2.77 bits per heavy atom. The molecular weight excluding hydrogens is 356 g/mol. The molecule has 26 heavy (non-hydrogen) atoms. The van der Waals surface area contributed by atoms with Crippen molar-refractivity contribution in [3.05, 3.63) is 35.2 Å². The van der Waals surface area contributed by atoms with Crippen LogP contribution in [0.25, 0.3) is 5.57 Å². The Morgan fingerprint density at radius 2 is 2.15 bits per heavy atom. The van der Waals surface area contributed by atoms with Crippen molar-refractivity contribution in [2.45, 2.75) is 6.92 Å². The molecule has 3 rings (SSSR count). The lowest BCUT2D eigenvalue weighted by Gasteiger charge is -2.36. The smallest absolute Gasteiger partial charge is 0.219 e. The molecule has 0 unspecified atom stereocenters. The number of nitrogens with one attached hydrogen (secondary N) is 2. The molecule has 10 heteroatoms. The van der Waals surface area contributed by atoms with E-state index in [0.717, 1.165) is 24.5 Å². The van der Waals surface area contributed by atoms with Gasteiger partial charge in [-0.25, -0.2) is 0 Å². The summed E-state index contributed by atoms with van der Waals surface area (Å²) in [5, 5.41) is 26.3. The highest BCUT2D eigenvalue weighted by Crippen LogP contribution is 2.30. The number of H-pyrrole nitrogens is 1. The summed E-state index contributed by atoms with van der Waals surface area (Å²) in [5.74, 6) is 0.291. The number of hydrogen-bond donors (Lipinski definition) is 2. The Morgan fingerprint density at radius 1 is 1.38 bits per heavy atom. The number of nitriles is 1. The molecule has 0 bridgehead atoms. The minimum atomic E-state index is 0.0841. The third-order valence-corrected chi connectivity index (χ3v) is 4.34. The van der Waals surface area contributed by atoms with Crippen molar-refractivity contribution in [1.82, 2.24) is 25.5 Å². The number of carbonyl (C=O) groups is 1. The predicted molar refractivity (Wildman–Crippen MR) is 97.3 cm³/mol. The largest absolute Gasteiger partial charge is 0.366 e. The van der Waals surface area contributed by atoms with Crippen LogP contribution in [0.5, 0.6) is 0 Å². The van der Waals surface area contributed by atoms with E-state index < -0.39 is 0 Å². The number of aromatic nitrogens is 4. The van der Waals surface area contributed by atoms with Crippen molar-refractivity contribution in [2.75, 3.05) is 36.4 Å². The molecule has 134 valence electrons. The van der Waals surface area contributed by atoms with Crippen LogP contribution in [0, 0.1) is 11.3 Å². The van der Waals surface area contributed by atoms with E-state index >= 15 is 0 Å². The van der Waals surface area contributed by atoms with E-state index in [1.165, 1.54) is 6.20 Å². The average molecular weight is 373 g/mol. The zero-order valence-corrected chi connectivity index (χ0v) is 14.9. The van der Waals surface area contributed by atoms with E-state index in [-0.39, 0.29) is 17.3 Å². The van der Waals surface area contributed by atoms with E-state index in [2.05, 4.69) is 30.8 Å². The van der Waals surface area contributed by atoms with Gasteiger partial charge in [-0.3, -0.25) is 4.79 Å². The lowest BCUT2D eigenvalue weighted by atomic mass is 10.2. The van der Waals surface area contributed by atoms with Gasteiger partial charge in [0.2, 0.25) is 11.7 Å². The van der Waals surface area contributed by atoms with Crippen LogP contribution in [0.1, 0.15) is 12.7 Å². The number of amides is 1. The van der Waals surface area contributed by atoms with Crippen molar-refractivity contribution < 1.29 is 4.79 Å². The first kappa shape index (κ1) is 17.7. The Labute approximate surface area is 155 Å². The second-order valence-corrected chi connectivity index (χ2v) is 6.14. The van der Waals surface area contributed by atoms with Crippen molar-refractivity contribution in [3.63, 3.8) is 0 Å². The molecule has 1 saturated heterocycles. The molecule has 0 spiro atoms. The number of allylic oxidation sites excluding steroid dienone is 1. The maximum Gasteiger partial charge on any atom is 0.219 e. The maximum absolute atomic E-state index is 11.5. The number of halogens is 1. The van der Waals surface area contributed by atoms with Crippen LogP contribution in [0.2, 0.25) is 5.02 Å². The Kier molecular flexibility index (Phi) is 5.34. The topological polar surface area (TPSA) is 114 Å². The summed E-state index contributed by atoms with van der Waals surface area (Å²) < 4.78 is 0. The second kappa shape index (κ2) is 7.84. The Bertz CT molecular complexity index is 850. The van der Waals surface area contributed by atoms with Gasteiger partial charge in [0.05, 0.1) is 11.4 Å². The van der Waals surface area contributed by atoms with Crippen molar-refractivity contribution >= 4 is 34.5 Å². The van der Waals surface area contributed by atoms with Gasteiger partial charge >= 0.3 is 0 Å².